The first-order chi connectivity index (χ1) is 5.39. The van der Waals surface area contributed by atoms with Crippen molar-refractivity contribution in [2.45, 2.75) is 5.60 Å². The van der Waals surface area contributed by atoms with E-state index >= 15 is 0 Å². The zero-order chi connectivity index (χ0) is 9.94. The van der Waals surface area contributed by atoms with E-state index in [0.717, 1.165) is 0 Å². The summed E-state index contributed by atoms with van der Waals surface area (Å²) in [6, 6.07) is 0. The van der Waals surface area contributed by atoms with E-state index in [-0.39, 0.29) is 59.1 Å². The van der Waals surface area contributed by atoms with Gasteiger partial charge in [0.1, 0.15) is 0 Å². The van der Waals surface area contributed by atoms with Gasteiger partial charge in [0.2, 0.25) is 5.60 Å². The quantitative estimate of drug-likeness (QED) is 0.369. The molecule has 0 saturated carbocycles. The van der Waals surface area contributed by atoms with Crippen molar-refractivity contribution in [2.75, 3.05) is 7.11 Å². The second kappa shape index (κ2) is 7.63. The van der Waals surface area contributed by atoms with E-state index in [2.05, 4.69) is 4.74 Å². The third-order valence-corrected chi connectivity index (χ3v) is 1.18. The number of hydrogen-bond acceptors (Lipinski definition) is 6. The van der Waals surface area contributed by atoms with Crippen LogP contribution < -0.4 is 69.3 Å². The van der Waals surface area contributed by atoms with Gasteiger partial charge in [0.15, 0.2) is 0 Å². The molecule has 14 heavy (non-hydrogen) atoms. The smallest absolute Gasteiger partial charge is 0.546 e. The van der Waals surface area contributed by atoms with Crippen molar-refractivity contribution < 1.29 is 93.6 Å². The Hall–Kier alpha value is 0.370. The second-order valence-electron chi connectivity index (χ2n) is 1.77. The molecule has 0 bridgehead atoms. The van der Waals surface area contributed by atoms with E-state index in [9.17, 15) is 24.6 Å². The molecule has 0 aliphatic carbocycles. The molecular formula is C5H4Na2O7. The molecule has 0 fully saturated rings. The van der Waals surface area contributed by atoms with Gasteiger partial charge in [-0.2, -0.15) is 0 Å². The van der Waals surface area contributed by atoms with Gasteiger partial charge in [-0.25, -0.2) is 4.79 Å². The van der Waals surface area contributed by atoms with Crippen molar-refractivity contribution in [1.82, 2.24) is 0 Å². The van der Waals surface area contributed by atoms with Crippen LogP contribution >= 0.6 is 0 Å². The summed E-state index contributed by atoms with van der Waals surface area (Å²) in [5, 5.41) is 28.4. The number of ether oxygens (including phenoxy) is 1. The Balaban J connectivity index is -0.000000605. The van der Waals surface area contributed by atoms with Crippen LogP contribution in [-0.2, 0) is 19.1 Å². The molecule has 0 atom stereocenters. The standard InChI is InChI=1S/C5H6O7.2Na/c1-12-5(2(6)7,3(8)9)4(10)11;;/h1H3,(H,6,7)(H,8,9)(H,10,11);;/q;2*+1/p-2. The molecule has 0 aromatic heterocycles. The third-order valence-electron chi connectivity index (χ3n) is 1.18. The van der Waals surface area contributed by atoms with Gasteiger partial charge in [0.05, 0.1) is 11.9 Å². The van der Waals surface area contributed by atoms with E-state index in [1.54, 1.807) is 0 Å². The molecule has 0 radical (unpaired) electrons. The Labute approximate surface area is 123 Å². The van der Waals surface area contributed by atoms with Crippen LogP contribution in [-0.4, -0.2) is 35.7 Å². The van der Waals surface area contributed by atoms with Crippen LogP contribution in [0.3, 0.4) is 0 Å². The molecule has 0 heterocycles. The van der Waals surface area contributed by atoms with Crippen molar-refractivity contribution in [2.24, 2.45) is 0 Å². The van der Waals surface area contributed by atoms with Crippen molar-refractivity contribution in [3.8, 4) is 0 Å². The van der Waals surface area contributed by atoms with Crippen molar-refractivity contribution >= 4 is 17.9 Å². The number of hydrogen-bond donors (Lipinski definition) is 1. The van der Waals surface area contributed by atoms with Crippen molar-refractivity contribution in [3.05, 3.63) is 0 Å². The summed E-state index contributed by atoms with van der Waals surface area (Å²) in [5.41, 5.74) is -3.43. The maximum absolute atomic E-state index is 10.2. The fraction of sp³-hybridized carbons (Fsp3) is 0.400. The fourth-order valence-corrected chi connectivity index (χ4v) is 0.512. The molecule has 7 nitrogen and oxygen atoms in total. The molecule has 1 N–H and O–H groups in total. The zero-order valence-corrected chi connectivity index (χ0v) is 11.9. The number of carboxylic acids is 3. The molecule has 0 saturated heterocycles. The van der Waals surface area contributed by atoms with Gasteiger partial charge in [-0.15, -0.1) is 0 Å². The van der Waals surface area contributed by atoms with Gasteiger partial charge >= 0.3 is 65.1 Å². The molecule has 0 aromatic rings. The van der Waals surface area contributed by atoms with E-state index in [1.165, 1.54) is 0 Å². The Kier molecular flexibility index (Phi) is 10.8. The van der Waals surface area contributed by atoms with Crippen molar-refractivity contribution in [1.29, 1.82) is 0 Å². The second-order valence-corrected chi connectivity index (χ2v) is 1.77. The van der Waals surface area contributed by atoms with Crippen LogP contribution in [0.1, 0.15) is 0 Å². The summed E-state index contributed by atoms with van der Waals surface area (Å²) in [6.45, 7) is 0. The predicted molar refractivity (Wildman–Crippen MR) is 27.4 cm³/mol. The molecule has 0 amide bonds. The molecule has 0 spiro atoms. The average molecular weight is 222 g/mol. The topological polar surface area (TPSA) is 127 Å². The van der Waals surface area contributed by atoms with Crippen LogP contribution in [0.4, 0.5) is 0 Å². The maximum atomic E-state index is 10.2. The zero-order valence-electron chi connectivity index (χ0n) is 7.90. The average Bonchev–Trinajstić information content (AvgIpc) is 1.86. The summed E-state index contributed by atoms with van der Waals surface area (Å²) in [7, 11) is 0.611. The first-order valence-corrected chi connectivity index (χ1v) is 2.61. The van der Waals surface area contributed by atoms with E-state index in [0.29, 0.717) is 7.11 Å². The molecule has 0 aliphatic heterocycles. The van der Waals surface area contributed by atoms with Crippen LogP contribution in [0.5, 0.6) is 0 Å². The molecule has 0 rings (SSSR count). The van der Waals surface area contributed by atoms with Gasteiger partial charge in [0.25, 0.3) is 0 Å². The van der Waals surface area contributed by atoms with Gasteiger partial charge < -0.3 is 29.6 Å². The molecule has 9 heteroatoms. The normalized spacial score (nSPS) is 9.21. The Bertz CT molecular complexity index is 202. The van der Waals surface area contributed by atoms with E-state index < -0.39 is 23.5 Å². The Morgan fingerprint density at radius 1 is 1.14 bits per heavy atom. The SMILES string of the molecule is COC(C(=O)[O-])(C(=O)[O-])C(=O)O.[Na+].[Na+]. The minimum Gasteiger partial charge on any atom is -0.546 e. The fourth-order valence-electron chi connectivity index (χ4n) is 0.512. The Morgan fingerprint density at radius 3 is 1.43 bits per heavy atom. The number of carbonyl (C=O) groups is 3. The van der Waals surface area contributed by atoms with Crippen LogP contribution in [0.2, 0.25) is 0 Å². The summed E-state index contributed by atoms with van der Waals surface area (Å²) >= 11 is 0. The number of methoxy groups -OCH3 is 1. The van der Waals surface area contributed by atoms with Crippen LogP contribution in [0.15, 0.2) is 0 Å². The summed E-state index contributed by atoms with van der Waals surface area (Å²) in [5.74, 6) is -6.99. The summed E-state index contributed by atoms with van der Waals surface area (Å²) < 4.78 is 3.80. The third kappa shape index (κ3) is 3.50. The molecule has 0 aliphatic rings. The number of carboxylic acid groups (broad SMARTS) is 3. The minimum absolute atomic E-state index is 0. The number of rotatable bonds is 4. The van der Waals surface area contributed by atoms with Crippen LogP contribution in [0, 0.1) is 0 Å². The largest absolute Gasteiger partial charge is 1.00 e. The van der Waals surface area contributed by atoms with Crippen molar-refractivity contribution in [3.63, 3.8) is 0 Å². The molecule has 0 unspecified atom stereocenters. The first kappa shape index (κ1) is 19.9. The van der Waals surface area contributed by atoms with Gasteiger partial charge in [-0.1, -0.05) is 0 Å². The molecule has 0 aromatic carbocycles. The van der Waals surface area contributed by atoms with E-state index in [4.69, 9.17) is 5.11 Å². The van der Waals surface area contributed by atoms with Gasteiger partial charge in [-0.3, -0.25) is 0 Å². The monoisotopic (exact) mass is 222 g/mol. The number of aliphatic carboxylic acids is 3. The minimum atomic E-state index is -3.43. The molecular weight excluding hydrogens is 218 g/mol. The van der Waals surface area contributed by atoms with Crippen LogP contribution in [0.25, 0.3) is 0 Å². The summed E-state index contributed by atoms with van der Waals surface area (Å²) in [4.78, 5) is 30.4. The van der Waals surface area contributed by atoms with Gasteiger partial charge in [0, 0.05) is 7.11 Å². The van der Waals surface area contributed by atoms with Gasteiger partial charge in [-0.05, 0) is 0 Å². The number of carbonyl (C=O) groups excluding carboxylic acids is 2. The first-order valence-electron chi connectivity index (χ1n) is 2.61. The van der Waals surface area contributed by atoms with E-state index in [1.807, 2.05) is 0 Å². The molecule has 68 valence electrons. The summed E-state index contributed by atoms with van der Waals surface area (Å²) in [6.07, 6.45) is 0. The maximum Gasteiger partial charge on any atom is 1.00 e. The predicted octanol–water partition coefficient (Wildman–Crippen LogP) is -10.0. The Morgan fingerprint density at radius 2 is 1.43 bits per heavy atom.